The lowest BCUT2D eigenvalue weighted by molar-refractivity contribution is -0.705. The highest BCUT2D eigenvalue weighted by atomic mass is 16.5. The van der Waals surface area contributed by atoms with E-state index in [4.69, 9.17) is 4.74 Å². The van der Waals surface area contributed by atoms with Crippen LogP contribution in [-0.2, 0) is 4.74 Å². The third kappa shape index (κ3) is 2.71. The predicted octanol–water partition coefficient (Wildman–Crippen LogP) is -1.25. The molecule has 7 nitrogen and oxygen atoms in total. The fourth-order valence-corrected chi connectivity index (χ4v) is 0.690. The van der Waals surface area contributed by atoms with Crippen LogP contribution in [0.2, 0.25) is 0 Å². The smallest absolute Gasteiger partial charge is 0.462 e. The van der Waals surface area contributed by atoms with E-state index in [9.17, 15) is 10.4 Å². The molecule has 0 saturated carbocycles. The molecule has 0 unspecified atom stereocenters. The van der Waals surface area contributed by atoms with Gasteiger partial charge in [0.05, 0.1) is 0 Å². The summed E-state index contributed by atoms with van der Waals surface area (Å²) < 4.78 is 5.37. The molecule has 0 saturated heterocycles. The SMILES string of the molecule is CCOCNc1n[n+]([O-])cc[n+]1[O-]. The van der Waals surface area contributed by atoms with Gasteiger partial charge in [-0.3, -0.25) is 0 Å². The minimum atomic E-state index is -0.0778. The molecule has 0 aliphatic rings. The van der Waals surface area contributed by atoms with E-state index in [1.54, 1.807) is 0 Å². The van der Waals surface area contributed by atoms with Gasteiger partial charge in [0.25, 0.3) is 6.20 Å². The largest absolute Gasteiger partial charge is 0.740 e. The van der Waals surface area contributed by atoms with Crippen LogP contribution in [0.1, 0.15) is 6.92 Å². The molecule has 72 valence electrons. The first kappa shape index (κ1) is 9.46. The molecule has 1 aromatic heterocycles. The Balaban J connectivity index is 2.59. The number of hydrogen-bond donors (Lipinski definition) is 1. The zero-order valence-electron chi connectivity index (χ0n) is 7.14. The van der Waals surface area contributed by atoms with E-state index >= 15 is 0 Å². The molecule has 7 heteroatoms. The number of aromatic nitrogens is 3. The van der Waals surface area contributed by atoms with Crippen molar-refractivity contribution in [3.63, 3.8) is 0 Å². The van der Waals surface area contributed by atoms with Crippen LogP contribution in [0.25, 0.3) is 0 Å². The third-order valence-electron chi connectivity index (χ3n) is 1.27. The van der Waals surface area contributed by atoms with Crippen LogP contribution in [0.15, 0.2) is 12.4 Å². The topological polar surface area (TPSA) is 88.0 Å². The van der Waals surface area contributed by atoms with Gasteiger partial charge in [-0.15, -0.1) is 0 Å². The van der Waals surface area contributed by atoms with Gasteiger partial charge in [-0.05, 0) is 6.92 Å². The molecule has 1 aromatic rings. The number of nitrogens with one attached hydrogen (secondary N) is 1. The highest BCUT2D eigenvalue weighted by Gasteiger charge is 2.10. The Morgan fingerprint density at radius 1 is 1.54 bits per heavy atom. The van der Waals surface area contributed by atoms with Crippen LogP contribution in [0.4, 0.5) is 5.95 Å². The van der Waals surface area contributed by atoms with E-state index in [2.05, 4.69) is 10.4 Å². The third-order valence-corrected chi connectivity index (χ3v) is 1.27. The van der Waals surface area contributed by atoms with Crippen molar-refractivity contribution < 1.29 is 14.3 Å². The number of hydrogen-bond acceptors (Lipinski definition) is 5. The van der Waals surface area contributed by atoms with E-state index in [0.29, 0.717) is 16.2 Å². The molecule has 13 heavy (non-hydrogen) atoms. The lowest BCUT2D eigenvalue weighted by atomic mass is 10.8. The second-order valence-corrected chi connectivity index (χ2v) is 2.16. The van der Waals surface area contributed by atoms with Crippen molar-refractivity contribution in [2.45, 2.75) is 6.92 Å². The Bertz CT molecular complexity index is 281. The summed E-state index contributed by atoms with van der Waals surface area (Å²) in [7, 11) is 0. The summed E-state index contributed by atoms with van der Waals surface area (Å²) in [4.78, 5) is 0.294. The molecule has 0 bridgehead atoms. The van der Waals surface area contributed by atoms with E-state index in [-0.39, 0.29) is 12.7 Å². The molecule has 0 aliphatic carbocycles. The molecule has 1 rings (SSSR count). The Morgan fingerprint density at radius 3 is 3.00 bits per heavy atom. The summed E-state index contributed by atoms with van der Waals surface area (Å²) in [6, 6.07) is 0. The standard InChI is InChI=1S/C6H10N4O3/c1-2-13-5-7-6-8-10(12)4-3-9(6)11/h3-4H,2,5H2,1H3,(H,7,8). The van der Waals surface area contributed by atoms with Crippen molar-refractivity contribution in [1.82, 2.24) is 5.10 Å². The molecule has 0 aromatic carbocycles. The maximum absolute atomic E-state index is 10.9. The zero-order chi connectivity index (χ0) is 9.68. The number of anilines is 1. The number of nitrogens with zero attached hydrogens (tertiary/aromatic N) is 3. The zero-order valence-corrected chi connectivity index (χ0v) is 7.14. The van der Waals surface area contributed by atoms with Gasteiger partial charge in [0.2, 0.25) is 5.10 Å². The molecule has 0 atom stereocenters. The second kappa shape index (κ2) is 4.41. The first-order valence-electron chi connectivity index (χ1n) is 3.75. The van der Waals surface area contributed by atoms with E-state index in [1.165, 1.54) is 0 Å². The van der Waals surface area contributed by atoms with E-state index < -0.39 is 0 Å². The summed E-state index contributed by atoms with van der Waals surface area (Å²) >= 11 is 0. The second-order valence-electron chi connectivity index (χ2n) is 2.16. The van der Waals surface area contributed by atoms with Gasteiger partial charge >= 0.3 is 5.95 Å². The quantitative estimate of drug-likeness (QED) is 0.275. The van der Waals surface area contributed by atoms with Crippen molar-refractivity contribution in [3.8, 4) is 0 Å². The summed E-state index contributed by atoms with van der Waals surface area (Å²) in [6.07, 6.45) is 2.08. The van der Waals surface area contributed by atoms with Crippen molar-refractivity contribution >= 4 is 5.95 Å². The van der Waals surface area contributed by atoms with Crippen molar-refractivity contribution in [3.05, 3.63) is 22.8 Å². The van der Waals surface area contributed by atoms with E-state index in [0.717, 1.165) is 12.4 Å². The van der Waals surface area contributed by atoms with Crippen LogP contribution in [0, 0.1) is 10.4 Å². The summed E-state index contributed by atoms with van der Waals surface area (Å²) in [5, 5.41) is 27.5. The van der Waals surface area contributed by atoms with E-state index in [1.807, 2.05) is 6.92 Å². The lowest BCUT2D eigenvalue weighted by Gasteiger charge is -2.05. The first-order chi connectivity index (χ1) is 6.24. The normalized spacial score (nSPS) is 9.92. The average Bonchev–Trinajstić information content (AvgIpc) is 2.11. The average molecular weight is 186 g/mol. The molecule has 0 amide bonds. The number of ether oxygens (including phenoxy) is 1. The minimum absolute atomic E-state index is 0.0778. The molecule has 0 radical (unpaired) electrons. The molecular formula is C6H10N4O3. The van der Waals surface area contributed by atoms with Gasteiger partial charge in [0.1, 0.15) is 6.20 Å². The number of rotatable bonds is 4. The van der Waals surface area contributed by atoms with Gasteiger partial charge < -0.3 is 15.2 Å². The maximum Gasteiger partial charge on any atom is 0.462 e. The van der Waals surface area contributed by atoms with Gasteiger partial charge in [-0.2, -0.15) is 0 Å². The van der Waals surface area contributed by atoms with Crippen LogP contribution in [0.5, 0.6) is 0 Å². The van der Waals surface area contributed by atoms with Crippen molar-refractivity contribution in [2.24, 2.45) is 0 Å². The lowest BCUT2D eigenvalue weighted by Crippen LogP contribution is -2.42. The van der Waals surface area contributed by atoms with Gasteiger partial charge in [0.15, 0.2) is 6.73 Å². The highest BCUT2D eigenvalue weighted by molar-refractivity contribution is 5.10. The molecule has 1 N–H and O–H groups in total. The van der Waals surface area contributed by atoms with Crippen LogP contribution < -0.4 is 14.9 Å². The molecule has 0 spiro atoms. The summed E-state index contributed by atoms with van der Waals surface area (Å²) in [6.45, 7) is 2.49. The van der Waals surface area contributed by atoms with Crippen LogP contribution in [-0.4, -0.2) is 18.4 Å². The van der Waals surface area contributed by atoms with Crippen LogP contribution >= 0.6 is 0 Å². The Labute approximate surface area is 74.7 Å². The first-order valence-corrected chi connectivity index (χ1v) is 3.75. The fraction of sp³-hybridized carbons (Fsp3) is 0.500. The molecule has 1 heterocycles. The van der Waals surface area contributed by atoms with Crippen LogP contribution in [0.3, 0.4) is 0 Å². The summed E-state index contributed by atoms with van der Waals surface area (Å²) in [5.74, 6) is -0.0778. The summed E-state index contributed by atoms with van der Waals surface area (Å²) in [5.41, 5.74) is 0. The highest BCUT2D eigenvalue weighted by Crippen LogP contribution is 1.86. The van der Waals surface area contributed by atoms with Gasteiger partial charge in [-0.1, -0.05) is 0 Å². The Kier molecular flexibility index (Phi) is 3.21. The van der Waals surface area contributed by atoms with Crippen molar-refractivity contribution in [1.29, 1.82) is 0 Å². The minimum Gasteiger partial charge on any atom is -0.740 e. The monoisotopic (exact) mass is 186 g/mol. The fourth-order valence-electron chi connectivity index (χ4n) is 0.690. The molecule has 0 aliphatic heterocycles. The molecule has 0 fully saturated rings. The maximum atomic E-state index is 10.9. The Hall–Kier alpha value is -1.63. The van der Waals surface area contributed by atoms with Gasteiger partial charge in [-0.25, -0.2) is 10.0 Å². The Morgan fingerprint density at radius 2 is 2.31 bits per heavy atom. The van der Waals surface area contributed by atoms with Gasteiger partial charge in [0, 0.05) is 11.5 Å². The predicted molar refractivity (Wildman–Crippen MR) is 42.3 cm³/mol. The molecular weight excluding hydrogens is 176 g/mol. The van der Waals surface area contributed by atoms with Crippen molar-refractivity contribution in [2.75, 3.05) is 18.7 Å².